The quantitative estimate of drug-likeness (QED) is 0.591. The van der Waals surface area contributed by atoms with Crippen LogP contribution in [0.15, 0.2) is 0 Å². The Balaban J connectivity index is 1.42. The van der Waals surface area contributed by atoms with Crippen molar-refractivity contribution >= 4 is 5.97 Å². The van der Waals surface area contributed by atoms with Crippen molar-refractivity contribution in [2.24, 2.45) is 23.7 Å². The number of carbonyl (C=O) groups excluding carboxylic acids is 1. The van der Waals surface area contributed by atoms with E-state index in [0.29, 0.717) is 17.8 Å². The maximum Gasteiger partial charge on any atom is 0.315 e. The van der Waals surface area contributed by atoms with Crippen LogP contribution in [0, 0.1) is 23.7 Å². The van der Waals surface area contributed by atoms with Crippen molar-refractivity contribution < 1.29 is 23.9 Å². The van der Waals surface area contributed by atoms with Gasteiger partial charge in [-0.15, -0.1) is 0 Å². The molecule has 0 bridgehead atoms. The van der Waals surface area contributed by atoms with Crippen LogP contribution in [-0.2, 0) is 19.0 Å². The number of morpholine rings is 1. The number of esters is 1. The van der Waals surface area contributed by atoms with Crippen LogP contribution in [0.3, 0.4) is 0 Å². The Hall–Kier alpha value is -0.650. The van der Waals surface area contributed by atoms with E-state index in [2.05, 4.69) is 27.7 Å². The van der Waals surface area contributed by atoms with Crippen molar-refractivity contribution in [3.63, 3.8) is 0 Å². The molecule has 0 aromatic carbocycles. The Morgan fingerprint density at radius 1 is 1.08 bits per heavy atom. The number of fused-ring (bicyclic) bond motifs is 1. The predicted molar refractivity (Wildman–Crippen MR) is 95.8 cm³/mol. The SMILES string of the molecule is C[C@@H]1C[NH+](C[C@H]2C(=O)O[C@@]34[C@@H]2CC[C@H](C)[C@@H]3CC[C@@]2(C)O[C@@H]42)C[C@@H](C)O1. The highest BCUT2D eigenvalue weighted by Gasteiger charge is 2.77. The lowest BCUT2D eigenvalue weighted by Crippen LogP contribution is -3.16. The lowest BCUT2D eigenvalue weighted by molar-refractivity contribution is -0.917. The smallest absolute Gasteiger partial charge is 0.315 e. The highest BCUT2D eigenvalue weighted by Crippen LogP contribution is 2.66. The third kappa shape index (κ3) is 2.36. The summed E-state index contributed by atoms with van der Waals surface area (Å²) < 4.78 is 18.4. The molecule has 26 heavy (non-hydrogen) atoms. The Kier molecular flexibility index (Phi) is 3.81. The first kappa shape index (κ1) is 17.4. The monoisotopic (exact) mass is 364 g/mol. The Morgan fingerprint density at radius 2 is 1.81 bits per heavy atom. The molecule has 1 N–H and O–H groups in total. The van der Waals surface area contributed by atoms with Crippen molar-refractivity contribution in [1.29, 1.82) is 0 Å². The van der Waals surface area contributed by atoms with Crippen LogP contribution in [-0.4, -0.2) is 55.1 Å². The molecule has 0 aromatic rings. The molecular formula is C21H34NO4+. The van der Waals surface area contributed by atoms with E-state index < -0.39 is 0 Å². The van der Waals surface area contributed by atoms with Crippen molar-refractivity contribution in [3.8, 4) is 0 Å². The molecule has 5 fully saturated rings. The molecule has 0 amide bonds. The number of ether oxygens (including phenoxy) is 3. The number of hydrogen-bond acceptors (Lipinski definition) is 4. The van der Waals surface area contributed by atoms with Crippen LogP contribution in [0.25, 0.3) is 0 Å². The van der Waals surface area contributed by atoms with Crippen molar-refractivity contribution in [2.45, 2.75) is 82.9 Å². The van der Waals surface area contributed by atoms with E-state index >= 15 is 0 Å². The Morgan fingerprint density at radius 3 is 2.54 bits per heavy atom. The molecule has 0 radical (unpaired) electrons. The van der Waals surface area contributed by atoms with E-state index in [-0.39, 0.29) is 41.4 Å². The molecule has 1 spiro atoms. The third-order valence-electron chi connectivity index (χ3n) is 8.22. The first-order valence-corrected chi connectivity index (χ1v) is 10.7. The summed E-state index contributed by atoms with van der Waals surface area (Å²) in [5.41, 5.74) is -0.384. The average molecular weight is 365 g/mol. The summed E-state index contributed by atoms with van der Waals surface area (Å²) in [6.45, 7) is 11.7. The molecule has 3 heterocycles. The normalized spacial score (nSPS) is 58.4. The molecule has 0 aromatic heterocycles. The van der Waals surface area contributed by atoms with E-state index in [0.717, 1.165) is 38.9 Å². The average Bonchev–Trinajstić information content (AvgIpc) is 3.18. The lowest BCUT2D eigenvalue weighted by Gasteiger charge is -2.50. The van der Waals surface area contributed by atoms with Gasteiger partial charge in [-0.25, -0.2) is 0 Å². The number of quaternary nitrogens is 1. The van der Waals surface area contributed by atoms with Crippen LogP contribution >= 0.6 is 0 Å². The van der Waals surface area contributed by atoms with Crippen LogP contribution in [0.5, 0.6) is 0 Å². The molecule has 2 aliphatic carbocycles. The van der Waals surface area contributed by atoms with Gasteiger partial charge in [0.25, 0.3) is 0 Å². The first-order chi connectivity index (χ1) is 12.3. The van der Waals surface area contributed by atoms with Gasteiger partial charge in [-0.1, -0.05) is 6.92 Å². The van der Waals surface area contributed by atoms with Gasteiger partial charge in [0.2, 0.25) is 0 Å². The van der Waals surface area contributed by atoms with Crippen LogP contribution in [0.4, 0.5) is 0 Å². The van der Waals surface area contributed by atoms with Crippen LogP contribution < -0.4 is 4.90 Å². The van der Waals surface area contributed by atoms with Crippen LogP contribution in [0.2, 0.25) is 0 Å². The lowest BCUT2D eigenvalue weighted by atomic mass is 9.55. The molecule has 5 rings (SSSR count). The van der Waals surface area contributed by atoms with E-state index in [4.69, 9.17) is 14.2 Å². The highest BCUT2D eigenvalue weighted by molar-refractivity contribution is 5.77. The van der Waals surface area contributed by atoms with Crippen molar-refractivity contribution in [1.82, 2.24) is 0 Å². The molecule has 5 aliphatic rings. The minimum Gasteiger partial charge on any atom is -0.455 e. The molecule has 9 atom stereocenters. The fourth-order valence-electron chi connectivity index (χ4n) is 7.15. The minimum absolute atomic E-state index is 0.0315. The van der Waals surface area contributed by atoms with Gasteiger partial charge in [-0.3, -0.25) is 4.79 Å². The Labute approximate surface area is 156 Å². The minimum atomic E-state index is -0.338. The summed E-state index contributed by atoms with van der Waals surface area (Å²) in [7, 11) is 0. The zero-order valence-corrected chi connectivity index (χ0v) is 16.6. The molecule has 0 unspecified atom stereocenters. The first-order valence-electron chi connectivity index (χ1n) is 10.7. The van der Waals surface area contributed by atoms with Gasteiger partial charge in [0.15, 0.2) is 0 Å². The summed E-state index contributed by atoms with van der Waals surface area (Å²) in [5.74, 6) is 1.53. The Bertz CT molecular complexity index is 601. The summed E-state index contributed by atoms with van der Waals surface area (Å²) in [5, 5.41) is 0. The zero-order chi connectivity index (χ0) is 18.3. The van der Waals surface area contributed by atoms with E-state index in [9.17, 15) is 4.79 Å². The molecule has 5 nitrogen and oxygen atoms in total. The summed E-state index contributed by atoms with van der Waals surface area (Å²) in [6.07, 6.45) is 5.26. The fraction of sp³-hybridized carbons (Fsp3) is 0.952. The van der Waals surface area contributed by atoms with Gasteiger partial charge in [-0.2, -0.15) is 0 Å². The predicted octanol–water partition coefficient (Wildman–Crippen LogP) is 1.20. The van der Waals surface area contributed by atoms with Gasteiger partial charge < -0.3 is 19.1 Å². The van der Waals surface area contributed by atoms with Crippen molar-refractivity contribution in [2.75, 3.05) is 19.6 Å². The summed E-state index contributed by atoms with van der Waals surface area (Å²) in [6, 6.07) is 0. The maximum atomic E-state index is 13.1. The van der Waals surface area contributed by atoms with E-state index in [1.54, 1.807) is 0 Å². The molecule has 2 saturated carbocycles. The topological polar surface area (TPSA) is 52.5 Å². The number of epoxide rings is 1. The van der Waals surface area contributed by atoms with Gasteiger partial charge >= 0.3 is 5.97 Å². The van der Waals surface area contributed by atoms with E-state index in [1.807, 2.05) is 0 Å². The van der Waals surface area contributed by atoms with Crippen molar-refractivity contribution in [3.05, 3.63) is 0 Å². The van der Waals surface area contributed by atoms with E-state index in [1.165, 1.54) is 11.3 Å². The second-order valence-electron chi connectivity index (χ2n) is 10.1. The second-order valence-corrected chi connectivity index (χ2v) is 10.1. The molecule has 5 heteroatoms. The van der Waals surface area contributed by atoms with Gasteiger partial charge in [-0.05, 0) is 52.4 Å². The van der Waals surface area contributed by atoms with Gasteiger partial charge in [0.05, 0.1) is 12.1 Å². The number of nitrogens with one attached hydrogen (secondary N) is 1. The number of carbonyl (C=O) groups is 1. The highest BCUT2D eigenvalue weighted by atomic mass is 16.7. The van der Waals surface area contributed by atoms with Gasteiger partial charge in [0, 0.05) is 11.8 Å². The standard InChI is InChI=1S/C21H33NO4/c1-12-5-6-17-15(11-22-9-13(2)24-14(3)10-22)18(23)25-21(17)16(12)7-8-20(4)19(21)26-20/h12-17,19H,5-11H2,1-4H3/p+1/t12-,13+,14+,15+,16-,17+,19+,20+,21+/m0/s1. The summed E-state index contributed by atoms with van der Waals surface area (Å²) in [4.78, 5) is 14.6. The number of hydrogen-bond donors (Lipinski definition) is 1. The maximum absolute atomic E-state index is 13.1. The zero-order valence-electron chi connectivity index (χ0n) is 16.6. The second kappa shape index (κ2) is 5.68. The molecule has 3 saturated heterocycles. The molecule has 146 valence electrons. The third-order valence-corrected chi connectivity index (χ3v) is 8.22. The fourth-order valence-corrected chi connectivity index (χ4v) is 7.15. The largest absolute Gasteiger partial charge is 0.455 e. The van der Waals surface area contributed by atoms with Crippen LogP contribution in [0.1, 0.15) is 53.4 Å². The molecular weight excluding hydrogens is 330 g/mol. The van der Waals surface area contributed by atoms with Gasteiger partial charge in [0.1, 0.15) is 42.9 Å². The molecule has 3 aliphatic heterocycles. The summed E-state index contributed by atoms with van der Waals surface area (Å²) >= 11 is 0. The number of rotatable bonds is 2.